The van der Waals surface area contributed by atoms with Gasteiger partial charge in [-0.15, -0.1) is 0 Å². The van der Waals surface area contributed by atoms with Crippen molar-refractivity contribution in [2.24, 2.45) is 0 Å². The van der Waals surface area contributed by atoms with Gasteiger partial charge in [-0.05, 0) is 69.7 Å². The number of likely N-dealkylation sites (N-methyl/N-ethyl adjacent to an activating group) is 1. The molecule has 1 amide bonds. The summed E-state index contributed by atoms with van der Waals surface area (Å²) in [5, 5.41) is 16.4. The van der Waals surface area contributed by atoms with E-state index in [0.717, 1.165) is 12.1 Å². The van der Waals surface area contributed by atoms with Crippen LogP contribution in [0.1, 0.15) is 56.1 Å². The van der Waals surface area contributed by atoms with E-state index in [-0.39, 0.29) is 18.5 Å². The van der Waals surface area contributed by atoms with Crippen LogP contribution in [0.4, 0.5) is 28.2 Å². The fourth-order valence-electron chi connectivity index (χ4n) is 4.90. The third-order valence-electron chi connectivity index (χ3n) is 7.00. The maximum atomic E-state index is 15.4. The molecule has 2 aromatic carbocycles. The molecular weight excluding hydrogens is 672 g/mol. The maximum Gasteiger partial charge on any atom is 0.413 e. The van der Waals surface area contributed by atoms with E-state index in [1.165, 1.54) is 39.1 Å². The Morgan fingerprint density at radius 2 is 1.83 bits per heavy atom. The molecule has 14 heteroatoms. The van der Waals surface area contributed by atoms with Gasteiger partial charge >= 0.3 is 12.3 Å². The lowest BCUT2D eigenvalue weighted by atomic mass is 9.98. The van der Waals surface area contributed by atoms with Crippen LogP contribution in [0.2, 0.25) is 0 Å². The zero-order valence-electron chi connectivity index (χ0n) is 25.5. The van der Waals surface area contributed by atoms with Crippen molar-refractivity contribution in [2.45, 2.75) is 51.9 Å². The Morgan fingerprint density at radius 3 is 2.43 bits per heavy atom. The number of hydrogen-bond acceptors (Lipinski definition) is 7. The van der Waals surface area contributed by atoms with E-state index in [1.807, 2.05) is 6.07 Å². The number of anilines is 1. The van der Waals surface area contributed by atoms with Crippen LogP contribution in [-0.4, -0.2) is 57.6 Å². The minimum Gasteiger partial charge on any atom is -0.444 e. The number of carbonyl (C=O) groups excluding carboxylic acids is 1. The zero-order valence-corrected chi connectivity index (χ0v) is 27.0. The predicted octanol–water partition coefficient (Wildman–Crippen LogP) is 7.05. The first-order chi connectivity index (χ1) is 21.6. The summed E-state index contributed by atoms with van der Waals surface area (Å²) in [6.45, 7) is 6.03. The summed E-state index contributed by atoms with van der Waals surface area (Å²) in [5.74, 6) is -0.780. The second-order valence-corrected chi connectivity index (χ2v) is 12.4. The Labute approximate surface area is 270 Å². The predicted molar refractivity (Wildman–Crippen MR) is 168 cm³/mol. The molecule has 0 radical (unpaired) electrons. The Balaban J connectivity index is 1.75. The summed E-state index contributed by atoms with van der Waals surface area (Å²) in [6, 6.07) is 10.6. The highest BCUT2D eigenvalue weighted by Crippen LogP contribution is 2.40. The Hall–Kier alpha value is -4.51. The molecule has 46 heavy (non-hydrogen) atoms. The Morgan fingerprint density at radius 1 is 1.09 bits per heavy atom. The molecule has 0 fully saturated rings. The van der Waals surface area contributed by atoms with E-state index >= 15 is 4.39 Å². The van der Waals surface area contributed by atoms with Gasteiger partial charge in [0.1, 0.15) is 23.3 Å². The highest BCUT2D eigenvalue weighted by molar-refractivity contribution is 9.10. The average molecular weight is 704 g/mol. The van der Waals surface area contributed by atoms with Crippen LogP contribution in [0.25, 0.3) is 10.8 Å². The number of aromatic nitrogens is 3. The van der Waals surface area contributed by atoms with Crippen LogP contribution >= 0.6 is 15.9 Å². The summed E-state index contributed by atoms with van der Waals surface area (Å²) in [5.41, 5.74) is -1.42. The van der Waals surface area contributed by atoms with Gasteiger partial charge in [0.2, 0.25) is 0 Å². The molecule has 0 aliphatic carbocycles. The number of nitrogens with one attached hydrogen (secondary N) is 1. The molecule has 0 spiro atoms. The number of fused-ring (bicyclic) bond motifs is 1. The van der Waals surface area contributed by atoms with E-state index in [4.69, 9.17) is 10.00 Å². The second-order valence-electron chi connectivity index (χ2n) is 11.4. The van der Waals surface area contributed by atoms with E-state index in [2.05, 4.69) is 31.1 Å². The summed E-state index contributed by atoms with van der Waals surface area (Å²) in [4.78, 5) is 32.0. The number of nitrogens with zero attached hydrogens (tertiary/aromatic N) is 5. The number of halogens is 5. The average Bonchev–Trinajstić information content (AvgIpc) is 2.98. The molecule has 2 heterocycles. The number of aromatic amines is 1. The molecule has 0 aliphatic heterocycles. The number of ether oxygens (including phenoxy) is 1. The molecule has 0 saturated carbocycles. The van der Waals surface area contributed by atoms with Gasteiger partial charge in [-0.2, -0.15) is 23.5 Å². The van der Waals surface area contributed by atoms with E-state index in [9.17, 15) is 22.8 Å². The zero-order chi connectivity index (χ0) is 33.8. The maximum absolute atomic E-state index is 15.4. The number of amides is 1. The number of benzene rings is 2. The molecular formula is C32H31BrF4N6O3. The third-order valence-corrected chi connectivity index (χ3v) is 7.49. The van der Waals surface area contributed by atoms with Crippen LogP contribution in [0.5, 0.6) is 0 Å². The van der Waals surface area contributed by atoms with Gasteiger partial charge < -0.3 is 9.64 Å². The lowest BCUT2D eigenvalue weighted by Crippen LogP contribution is -2.48. The van der Waals surface area contributed by atoms with Crippen LogP contribution in [0.3, 0.4) is 0 Å². The second kappa shape index (κ2) is 13.9. The molecule has 1 N–H and O–H groups in total. The first-order valence-electron chi connectivity index (χ1n) is 14.2. The van der Waals surface area contributed by atoms with Gasteiger partial charge in [0, 0.05) is 47.7 Å². The van der Waals surface area contributed by atoms with Gasteiger partial charge in [0.25, 0.3) is 5.56 Å². The number of alkyl halides is 3. The number of rotatable bonds is 9. The molecule has 4 aromatic rings. The van der Waals surface area contributed by atoms with Crippen molar-refractivity contribution in [3.05, 3.63) is 97.8 Å². The number of pyridine rings is 1. The minimum absolute atomic E-state index is 0.0397. The molecule has 242 valence electrons. The quantitative estimate of drug-likeness (QED) is 0.186. The fraction of sp³-hybridized carbons (Fsp3) is 0.344. The highest BCUT2D eigenvalue weighted by Gasteiger charge is 2.49. The number of nitriles is 1. The summed E-state index contributed by atoms with van der Waals surface area (Å²) in [6.07, 6.45) is -5.08. The molecule has 9 nitrogen and oxygen atoms in total. The van der Waals surface area contributed by atoms with Gasteiger partial charge in [-0.3, -0.25) is 9.69 Å². The van der Waals surface area contributed by atoms with E-state index in [0.29, 0.717) is 43.8 Å². The molecule has 1 unspecified atom stereocenters. The Kier molecular flexibility index (Phi) is 10.4. The minimum atomic E-state index is -5.10. The first-order valence-corrected chi connectivity index (χ1v) is 15.0. The fourth-order valence-corrected chi connectivity index (χ4v) is 5.26. The van der Waals surface area contributed by atoms with Crippen molar-refractivity contribution in [1.82, 2.24) is 20.1 Å². The highest BCUT2D eigenvalue weighted by atomic mass is 79.9. The van der Waals surface area contributed by atoms with Crippen molar-refractivity contribution in [3.63, 3.8) is 0 Å². The summed E-state index contributed by atoms with van der Waals surface area (Å²) < 4.78 is 66.4. The molecule has 1 atom stereocenters. The largest absolute Gasteiger partial charge is 0.444 e. The molecule has 2 aromatic heterocycles. The number of hydrogen-bond donors (Lipinski definition) is 1. The smallest absolute Gasteiger partial charge is 0.413 e. The molecule has 4 rings (SSSR count). The normalized spacial score (nSPS) is 12.4. The topological polar surface area (TPSA) is 115 Å². The van der Waals surface area contributed by atoms with Gasteiger partial charge in [0.05, 0.1) is 16.6 Å². The van der Waals surface area contributed by atoms with Gasteiger partial charge in [0.15, 0.2) is 6.04 Å². The number of carbonyl (C=O) groups is 1. The lowest BCUT2D eigenvalue weighted by Gasteiger charge is -2.36. The standard InChI is InChI=1S/C32H31BrF4N6O3/c1-5-42(27-11-7-20(17-38)18-39-27)12-13-43(30(45)46-31(2,3)4)28(32(35,36)37)24-14-19(6-10-25(24)34)15-26-23-16-21(33)8-9-22(23)29(44)41-40-26/h6-11,14,16,18,28H,5,12-13,15H2,1-4H3,(H,41,44). The Bertz CT molecular complexity index is 1820. The van der Waals surface area contributed by atoms with Crippen molar-refractivity contribution in [2.75, 3.05) is 24.5 Å². The van der Waals surface area contributed by atoms with Crippen LogP contribution in [0.15, 0.2) is 64.0 Å². The SMILES string of the molecule is CCN(CCN(C(=O)OC(C)(C)C)C(c1cc(Cc2n[nH]c(=O)c3ccc(Br)cc23)ccc1F)C(F)(F)F)c1ccc(C#N)cn1. The summed E-state index contributed by atoms with van der Waals surface area (Å²) >= 11 is 3.36. The molecule has 0 saturated heterocycles. The third kappa shape index (κ3) is 8.20. The van der Waals surface area contributed by atoms with Gasteiger partial charge in [-0.25, -0.2) is 19.3 Å². The van der Waals surface area contributed by atoms with Crippen molar-refractivity contribution < 1.29 is 27.1 Å². The van der Waals surface area contributed by atoms with Gasteiger partial charge in [-0.1, -0.05) is 28.1 Å². The lowest BCUT2D eigenvalue weighted by molar-refractivity contribution is -0.183. The van der Waals surface area contributed by atoms with Crippen molar-refractivity contribution >= 4 is 38.6 Å². The van der Waals surface area contributed by atoms with Crippen LogP contribution < -0.4 is 10.5 Å². The van der Waals surface area contributed by atoms with Crippen molar-refractivity contribution in [3.8, 4) is 6.07 Å². The van der Waals surface area contributed by atoms with Crippen molar-refractivity contribution in [1.29, 1.82) is 5.26 Å². The number of H-pyrrole nitrogens is 1. The van der Waals surface area contributed by atoms with E-state index in [1.54, 1.807) is 36.1 Å². The van der Waals surface area contributed by atoms with Crippen LogP contribution in [0, 0.1) is 17.1 Å². The van der Waals surface area contributed by atoms with Crippen LogP contribution in [-0.2, 0) is 11.2 Å². The molecule has 0 bridgehead atoms. The first kappa shape index (κ1) is 34.4. The summed E-state index contributed by atoms with van der Waals surface area (Å²) in [7, 11) is 0. The monoisotopic (exact) mass is 702 g/mol. The molecule has 0 aliphatic rings. The van der Waals surface area contributed by atoms with E-state index < -0.39 is 47.4 Å².